The van der Waals surface area contributed by atoms with Crippen molar-refractivity contribution in [3.63, 3.8) is 0 Å². The number of allylic oxidation sites excluding steroid dienone is 1. The third kappa shape index (κ3) is 3.81. The Bertz CT molecular complexity index is 1090. The molecule has 0 bridgehead atoms. The monoisotopic (exact) mass is 404 g/mol. The van der Waals surface area contributed by atoms with E-state index in [2.05, 4.69) is 25.7 Å². The second kappa shape index (κ2) is 8.46. The van der Waals surface area contributed by atoms with Crippen molar-refractivity contribution in [3.8, 4) is 0 Å². The number of anilines is 2. The van der Waals surface area contributed by atoms with Crippen LogP contribution in [0.15, 0.2) is 60.1 Å². The number of aliphatic hydroxyl groups excluding tert-OH is 1. The van der Waals surface area contributed by atoms with Gasteiger partial charge < -0.3 is 15.7 Å². The summed E-state index contributed by atoms with van der Waals surface area (Å²) in [5, 5.41) is 20.0. The molecule has 0 aliphatic carbocycles. The number of benzene rings is 1. The largest absolute Gasteiger partial charge is 0.396 e. The van der Waals surface area contributed by atoms with Gasteiger partial charge in [0.2, 0.25) is 5.95 Å². The highest BCUT2D eigenvalue weighted by Gasteiger charge is 2.34. The molecule has 1 atom stereocenters. The van der Waals surface area contributed by atoms with Crippen LogP contribution in [0.1, 0.15) is 36.3 Å². The first-order valence-electron chi connectivity index (χ1n) is 9.89. The van der Waals surface area contributed by atoms with Crippen LogP contribution in [0, 0.1) is 6.92 Å². The highest BCUT2D eigenvalue weighted by Crippen LogP contribution is 2.35. The SMILES string of the molecule is CC1=C(C(=O)Nc2ccccc2C)[C@@H](c2cccnc2)n2nc(CCCO)nc2N1. The fraction of sp³-hybridized carbons (Fsp3) is 0.273. The van der Waals surface area contributed by atoms with Crippen molar-refractivity contribution < 1.29 is 9.90 Å². The number of hydrogen-bond donors (Lipinski definition) is 3. The lowest BCUT2D eigenvalue weighted by Crippen LogP contribution is -2.31. The summed E-state index contributed by atoms with van der Waals surface area (Å²) in [6.45, 7) is 3.89. The van der Waals surface area contributed by atoms with Crippen LogP contribution in [-0.4, -0.2) is 37.4 Å². The first-order valence-corrected chi connectivity index (χ1v) is 9.89. The number of amides is 1. The number of aromatic nitrogens is 4. The number of para-hydroxylation sites is 1. The number of nitrogens with zero attached hydrogens (tertiary/aromatic N) is 4. The summed E-state index contributed by atoms with van der Waals surface area (Å²) in [5.74, 6) is 0.983. The van der Waals surface area contributed by atoms with E-state index in [0.29, 0.717) is 35.9 Å². The van der Waals surface area contributed by atoms with Crippen LogP contribution in [0.4, 0.5) is 11.6 Å². The summed E-state index contributed by atoms with van der Waals surface area (Å²) in [6.07, 6.45) is 4.57. The maximum Gasteiger partial charge on any atom is 0.255 e. The molecule has 30 heavy (non-hydrogen) atoms. The second-order valence-electron chi connectivity index (χ2n) is 7.24. The predicted octanol–water partition coefficient (Wildman–Crippen LogP) is 2.83. The van der Waals surface area contributed by atoms with Crippen molar-refractivity contribution in [2.24, 2.45) is 0 Å². The average molecular weight is 404 g/mol. The number of carbonyl (C=O) groups is 1. The molecule has 2 aromatic heterocycles. The van der Waals surface area contributed by atoms with Gasteiger partial charge in [0, 0.05) is 36.8 Å². The Morgan fingerprint density at radius 2 is 2.07 bits per heavy atom. The van der Waals surface area contributed by atoms with Crippen molar-refractivity contribution in [2.75, 3.05) is 17.2 Å². The van der Waals surface area contributed by atoms with Crippen molar-refractivity contribution in [3.05, 3.63) is 77.0 Å². The number of pyridine rings is 1. The molecule has 3 N–H and O–H groups in total. The fourth-order valence-corrected chi connectivity index (χ4v) is 3.58. The summed E-state index contributed by atoms with van der Waals surface area (Å²) < 4.78 is 1.73. The Hall–Kier alpha value is -3.52. The molecule has 8 nitrogen and oxygen atoms in total. The van der Waals surface area contributed by atoms with E-state index in [1.165, 1.54) is 0 Å². The molecule has 8 heteroatoms. The standard InChI is InChI=1S/C22H24N6O2/c1-14-7-3-4-9-17(14)25-21(30)19-15(2)24-22-26-18(10-6-12-29)27-28(22)20(19)16-8-5-11-23-13-16/h3-5,7-9,11,13,20,29H,6,10,12H2,1-2H3,(H,25,30)(H,24,26,27)/t20-/m1/s1. The van der Waals surface area contributed by atoms with Crippen LogP contribution in [0.25, 0.3) is 0 Å². The molecule has 1 aliphatic heterocycles. The van der Waals surface area contributed by atoms with Crippen LogP contribution in [-0.2, 0) is 11.2 Å². The van der Waals surface area contributed by atoms with Crippen molar-refractivity contribution in [1.82, 2.24) is 19.7 Å². The van der Waals surface area contributed by atoms with E-state index in [1.54, 1.807) is 17.1 Å². The lowest BCUT2D eigenvalue weighted by molar-refractivity contribution is -0.113. The summed E-state index contributed by atoms with van der Waals surface area (Å²) >= 11 is 0. The van der Waals surface area contributed by atoms with Gasteiger partial charge >= 0.3 is 0 Å². The van der Waals surface area contributed by atoms with Gasteiger partial charge in [-0.3, -0.25) is 9.78 Å². The Balaban J connectivity index is 1.75. The molecule has 0 saturated heterocycles. The summed E-state index contributed by atoms with van der Waals surface area (Å²) in [6, 6.07) is 11.0. The van der Waals surface area contributed by atoms with Crippen molar-refractivity contribution in [1.29, 1.82) is 0 Å². The van der Waals surface area contributed by atoms with Crippen molar-refractivity contribution >= 4 is 17.5 Å². The number of nitrogens with one attached hydrogen (secondary N) is 2. The quantitative estimate of drug-likeness (QED) is 0.584. The number of aryl methyl sites for hydroxylation is 2. The average Bonchev–Trinajstić information content (AvgIpc) is 3.15. The minimum absolute atomic E-state index is 0.0741. The minimum atomic E-state index is -0.464. The summed E-state index contributed by atoms with van der Waals surface area (Å²) in [7, 11) is 0. The lowest BCUT2D eigenvalue weighted by Gasteiger charge is -2.28. The first-order chi connectivity index (χ1) is 14.6. The molecule has 0 spiro atoms. The van der Waals surface area contributed by atoms with Crippen LogP contribution >= 0.6 is 0 Å². The number of fused-ring (bicyclic) bond motifs is 1. The van der Waals surface area contributed by atoms with Gasteiger partial charge in [-0.05, 0) is 43.5 Å². The molecule has 4 rings (SSSR count). The van der Waals surface area contributed by atoms with Crippen LogP contribution in [0.5, 0.6) is 0 Å². The zero-order valence-electron chi connectivity index (χ0n) is 17.0. The molecule has 3 aromatic rings. The Kier molecular flexibility index (Phi) is 5.58. The summed E-state index contributed by atoms with van der Waals surface area (Å²) in [5.41, 5.74) is 3.85. The van der Waals surface area contributed by atoms with Gasteiger partial charge in [0.1, 0.15) is 6.04 Å². The Morgan fingerprint density at radius 1 is 1.23 bits per heavy atom. The van der Waals surface area contributed by atoms with E-state index in [-0.39, 0.29) is 12.5 Å². The van der Waals surface area contributed by atoms with Gasteiger partial charge in [0.05, 0.1) is 5.57 Å². The van der Waals surface area contributed by atoms with Gasteiger partial charge in [-0.15, -0.1) is 0 Å². The number of carbonyl (C=O) groups excluding carboxylic acids is 1. The normalized spacial score (nSPS) is 15.5. The first kappa shape index (κ1) is 19.8. The zero-order chi connectivity index (χ0) is 21.1. The molecular weight excluding hydrogens is 380 g/mol. The van der Waals surface area contributed by atoms with Gasteiger partial charge in [-0.25, -0.2) is 4.68 Å². The molecule has 0 unspecified atom stereocenters. The van der Waals surface area contributed by atoms with Gasteiger partial charge in [-0.1, -0.05) is 24.3 Å². The zero-order valence-corrected chi connectivity index (χ0v) is 17.0. The van der Waals surface area contributed by atoms with E-state index >= 15 is 0 Å². The molecule has 1 aliphatic rings. The number of rotatable bonds is 6. The Morgan fingerprint density at radius 3 is 2.80 bits per heavy atom. The fourth-order valence-electron chi connectivity index (χ4n) is 3.58. The number of aliphatic hydroxyl groups is 1. The van der Waals surface area contributed by atoms with Crippen molar-refractivity contribution in [2.45, 2.75) is 32.7 Å². The molecule has 1 aromatic carbocycles. The third-order valence-corrected chi connectivity index (χ3v) is 5.09. The van der Waals surface area contributed by atoms with E-state index < -0.39 is 6.04 Å². The Labute approximate surface area is 174 Å². The molecule has 154 valence electrons. The van der Waals surface area contributed by atoms with E-state index in [1.807, 2.05) is 50.2 Å². The highest BCUT2D eigenvalue weighted by atomic mass is 16.3. The molecule has 3 heterocycles. The van der Waals surface area contributed by atoms with Crippen LogP contribution < -0.4 is 10.6 Å². The van der Waals surface area contributed by atoms with E-state index in [9.17, 15) is 4.79 Å². The lowest BCUT2D eigenvalue weighted by atomic mass is 9.96. The van der Waals surface area contributed by atoms with E-state index in [0.717, 1.165) is 16.8 Å². The molecule has 0 saturated carbocycles. The molecule has 1 amide bonds. The molecule has 0 fully saturated rings. The highest BCUT2D eigenvalue weighted by molar-refractivity contribution is 6.06. The molecule has 0 radical (unpaired) electrons. The van der Waals surface area contributed by atoms with Crippen LogP contribution in [0.2, 0.25) is 0 Å². The van der Waals surface area contributed by atoms with Gasteiger partial charge in [0.15, 0.2) is 5.82 Å². The topological polar surface area (TPSA) is 105 Å². The third-order valence-electron chi connectivity index (χ3n) is 5.09. The second-order valence-corrected chi connectivity index (χ2v) is 7.24. The van der Waals surface area contributed by atoms with Crippen LogP contribution in [0.3, 0.4) is 0 Å². The van der Waals surface area contributed by atoms with Gasteiger partial charge in [-0.2, -0.15) is 10.1 Å². The van der Waals surface area contributed by atoms with E-state index in [4.69, 9.17) is 5.11 Å². The maximum absolute atomic E-state index is 13.4. The predicted molar refractivity (Wildman–Crippen MR) is 114 cm³/mol. The minimum Gasteiger partial charge on any atom is -0.396 e. The maximum atomic E-state index is 13.4. The smallest absolute Gasteiger partial charge is 0.255 e. The summed E-state index contributed by atoms with van der Waals surface area (Å²) in [4.78, 5) is 22.2. The van der Waals surface area contributed by atoms with Gasteiger partial charge in [0.25, 0.3) is 5.91 Å². The molecular formula is C22H24N6O2. The number of hydrogen-bond acceptors (Lipinski definition) is 6.